The first-order valence-electron chi connectivity index (χ1n) is 8.09. The molecule has 0 fully saturated rings. The van der Waals surface area contributed by atoms with Gasteiger partial charge in [0.15, 0.2) is 23.9 Å². The monoisotopic (exact) mass is 376 g/mol. The second kappa shape index (κ2) is 8.72. The van der Waals surface area contributed by atoms with Crippen molar-refractivity contribution in [1.29, 1.82) is 0 Å². The van der Waals surface area contributed by atoms with E-state index in [2.05, 4.69) is 13.8 Å². The van der Waals surface area contributed by atoms with Gasteiger partial charge < -0.3 is 14.2 Å². The van der Waals surface area contributed by atoms with Crippen LogP contribution in [0.2, 0.25) is 5.02 Å². The van der Waals surface area contributed by atoms with Gasteiger partial charge in [-0.1, -0.05) is 49.7 Å². The second-order valence-electron chi connectivity index (χ2n) is 5.97. The molecule has 2 aromatic rings. The molecule has 0 aliphatic rings. The maximum atomic E-state index is 12.2. The number of ether oxygens (including phenoxy) is 3. The lowest BCUT2D eigenvalue weighted by Crippen LogP contribution is -2.14. The largest absolute Gasteiger partial charge is 0.493 e. The van der Waals surface area contributed by atoms with Crippen LogP contribution >= 0.6 is 11.6 Å². The molecule has 0 N–H and O–H groups in total. The van der Waals surface area contributed by atoms with E-state index in [1.807, 2.05) is 12.1 Å². The highest BCUT2D eigenvalue weighted by Crippen LogP contribution is 2.36. The minimum atomic E-state index is -0.667. The summed E-state index contributed by atoms with van der Waals surface area (Å²) in [5, 5.41) is 0.217. The Kier molecular flexibility index (Phi) is 6.64. The first-order valence-corrected chi connectivity index (χ1v) is 8.47. The zero-order chi connectivity index (χ0) is 19.3. The van der Waals surface area contributed by atoms with Gasteiger partial charge in [0.2, 0.25) is 0 Å². The summed E-state index contributed by atoms with van der Waals surface area (Å²) in [6.07, 6.45) is 0. The van der Waals surface area contributed by atoms with Crippen molar-refractivity contribution < 1.29 is 23.8 Å². The molecule has 6 heteroatoms. The molecule has 2 rings (SSSR count). The average Bonchev–Trinajstić information content (AvgIpc) is 2.64. The molecule has 0 aliphatic carbocycles. The van der Waals surface area contributed by atoms with Crippen LogP contribution in [0.15, 0.2) is 36.4 Å². The number of carbonyl (C=O) groups is 2. The van der Waals surface area contributed by atoms with Crippen LogP contribution in [0, 0.1) is 0 Å². The SMILES string of the molecule is COc1cc(C(=O)OCC(=O)c2ccc(C(C)C)cc2)cc(Cl)c1OC. The molecule has 0 bridgehead atoms. The summed E-state index contributed by atoms with van der Waals surface area (Å²) in [6, 6.07) is 10.1. The van der Waals surface area contributed by atoms with Crippen molar-refractivity contribution in [3.8, 4) is 11.5 Å². The maximum absolute atomic E-state index is 12.2. The molecule has 0 saturated carbocycles. The van der Waals surface area contributed by atoms with Crippen molar-refractivity contribution in [2.45, 2.75) is 19.8 Å². The minimum absolute atomic E-state index is 0.176. The maximum Gasteiger partial charge on any atom is 0.338 e. The van der Waals surface area contributed by atoms with E-state index in [0.29, 0.717) is 23.0 Å². The smallest absolute Gasteiger partial charge is 0.338 e. The van der Waals surface area contributed by atoms with Crippen LogP contribution in [0.3, 0.4) is 0 Å². The van der Waals surface area contributed by atoms with Crippen LogP contribution in [-0.4, -0.2) is 32.6 Å². The van der Waals surface area contributed by atoms with E-state index in [9.17, 15) is 9.59 Å². The Hall–Kier alpha value is -2.53. The summed E-state index contributed by atoms with van der Waals surface area (Å²) in [7, 11) is 2.89. The van der Waals surface area contributed by atoms with E-state index in [4.69, 9.17) is 25.8 Å². The number of hydrogen-bond acceptors (Lipinski definition) is 5. The number of hydrogen-bond donors (Lipinski definition) is 0. The summed E-state index contributed by atoms with van der Waals surface area (Å²) < 4.78 is 15.4. The molecule has 0 heterocycles. The van der Waals surface area contributed by atoms with Crippen LogP contribution in [-0.2, 0) is 4.74 Å². The molecule has 26 heavy (non-hydrogen) atoms. The Morgan fingerprint density at radius 2 is 1.65 bits per heavy atom. The molecular formula is C20H21ClO5. The predicted molar refractivity (Wildman–Crippen MR) is 99.7 cm³/mol. The van der Waals surface area contributed by atoms with Gasteiger partial charge in [0.05, 0.1) is 24.8 Å². The number of carbonyl (C=O) groups excluding carboxylic acids is 2. The van der Waals surface area contributed by atoms with Crippen LogP contribution in [0.4, 0.5) is 0 Å². The van der Waals surface area contributed by atoms with Crippen LogP contribution in [0.25, 0.3) is 0 Å². The number of halogens is 1. The van der Waals surface area contributed by atoms with Crippen LogP contribution in [0.1, 0.15) is 46.0 Å². The van der Waals surface area contributed by atoms with E-state index in [1.54, 1.807) is 12.1 Å². The quantitative estimate of drug-likeness (QED) is 0.525. The fourth-order valence-corrected chi connectivity index (χ4v) is 2.68. The lowest BCUT2D eigenvalue weighted by Gasteiger charge is -2.11. The van der Waals surface area contributed by atoms with Crippen molar-refractivity contribution in [3.63, 3.8) is 0 Å². The van der Waals surface area contributed by atoms with E-state index < -0.39 is 5.97 Å². The summed E-state index contributed by atoms with van der Waals surface area (Å²) in [5.41, 5.74) is 1.81. The zero-order valence-electron chi connectivity index (χ0n) is 15.2. The molecule has 0 aromatic heterocycles. The van der Waals surface area contributed by atoms with Crippen molar-refractivity contribution in [2.24, 2.45) is 0 Å². The third-order valence-corrected chi connectivity index (χ3v) is 4.18. The lowest BCUT2D eigenvalue weighted by molar-refractivity contribution is 0.0474. The molecule has 5 nitrogen and oxygen atoms in total. The Bertz CT molecular complexity index is 797. The number of Topliss-reactive ketones (excluding diaryl/α,β-unsaturated/α-hetero) is 1. The normalized spacial score (nSPS) is 10.5. The zero-order valence-corrected chi connectivity index (χ0v) is 15.9. The first-order chi connectivity index (χ1) is 12.4. The van der Waals surface area contributed by atoms with Crippen LogP contribution < -0.4 is 9.47 Å². The number of ketones is 1. The first kappa shape index (κ1) is 19.8. The molecule has 0 amide bonds. The van der Waals surface area contributed by atoms with Crippen molar-refractivity contribution in [3.05, 3.63) is 58.1 Å². The summed E-state index contributed by atoms with van der Waals surface area (Å²) >= 11 is 6.08. The van der Waals surface area contributed by atoms with Crippen LogP contribution in [0.5, 0.6) is 11.5 Å². The second-order valence-corrected chi connectivity index (χ2v) is 6.38. The molecule has 138 valence electrons. The molecule has 0 atom stereocenters. The Morgan fingerprint density at radius 1 is 1.00 bits per heavy atom. The number of rotatable bonds is 7. The summed E-state index contributed by atoms with van der Waals surface area (Å²) in [4.78, 5) is 24.4. The van der Waals surface area contributed by atoms with Gasteiger partial charge in [0, 0.05) is 5.56 Å². The molecule has 0 saturated heterocycles. The standard InChI is InChI=1S/C20H21ClO5/c1-12(2)13-5-7-14(8-6-13)17(22)11-26-20(23)15-9-16(21)19(25-4)18(10-15)24-3/h5-10,12H,11H2,1-4H3. The number of benzene rings is 2. The fraction of sp³-hybridized carbons (Fsp3) is 0.300. The van der Waals surface area contributed by atoms with Crippen molar-refractivity contribution in [1.82, 2.24) is 0 Å². The average molecular weight is 377 g/mol. The highest BCUT2D eigenvalue weighted by Gasteiger charge is 2.17. The molecule has 2 aromatic carbocycles. The highest BCUT2D eigenvalue weighted by atomic mass is 35.5. The molecule has 0 spiro atoms. The van der Waals surface area contributed by atoms with E-state index in [0.717, 1.165) is 5.56 Å². The molecular weight excluding hydrogens is 356 g/mol. The third kappa shape index (κ3) is 4.55. The summed E-state index contributed by atoms with van der Waals surface area (Å²) in [5.74, 6) is 0.0709. The lowest BCUT2D eigenvalue weighted by atomic mass is 10.0. The van der Waals surface area contributed by atoms with Gasteiger partial charge in [-0.3, -0.25) is 4.79 Å². The number of methoxy groups -OCH3 is 2. The van der Waals surface area contributed by atoms with Crippen molar-refractivity contribution in [2.75, 3.05) is 20.8 Å². The Balaban J connectivity index is 2.06. The molecule has 0 unspecified atom stereocenters. The highest BCUT2D eigenvalue weighted by molar-refractivity contribution is 6.32. The summed E-state index contributed by atoms with van der Waals surface area (Å²) in [6.45, 7) is 3.80. The molecule has 0 aliphatic heterocycles. The van der Waals surface area contributed by atoms with E-state index in [1.165, 1.54) is 26.4 Å². The Labute approximate surface area is 157 Å². The van der Waals surface area contributed by atoms with Gasteiger partial charge in [-0.15, -0.1) is 0 Å². The van der Waals surface area contributed by atoms with Gasteiger partial charge >= 0.3 is 5.97 Å². The van der Waals surface area contributed by atoms with E-state index in [-0.39, 0.29) is 23.0 Å². The van der Waals surface area contributed by atoms with Gasteiger partial charge in [-0.05, 0) is 23.6 Å². The van der Waals surface area contributed by atoms with Gasteiger partial charge in [-0.25, -0.2) is 4.79 Å². The van der Waals surface area contributed by atoms with Crippen molar-refractivity contribution >= 4 is 23.4 Å². The predicted octanol–water partition coefficient (Wildman–Crippen LogP) is 4.52. The minimum Gasteiger partial charge on any atom is -0.493 e. The van der Waals surface area contributed by atoms with Gasteiger partial charge in [-0.2, -0.15) is 0 Å². The Morgan fingerprint density at radius 3 is 2.19 bits per heavy atom. The number of esters is 1. The van der Waals surface area contributed by atoms with Gasteiger partial charge in [0.1, 0.15) is 0 Å². The van der Waals surface area contributed by atoms with Gasteiger partial charge in [0.25, 0.3) is 0 Å². The third-order valence-electron chi connectivity index (χ3n) is 3.90. The topological polar surface area (TPSA) is 61.8 Å². The molecule has 0 radical (unpaired) electrons. The fourth-order valence-electron chi connectivity index (χ4n) is 2.39. The van der Waals surface area contributed by atoms with E-state index >= 15 is 0 Å².